The predicted molar refractivity (Wildman–Crippen MR) is 114 cm³/mol. The number of hydrogen-bond donors (Lipinski definition) is 1. The van der Waals surface area contributed by atoms with Crippen molar-refractivity contribution in [3.8, 4) is 17.2 Å². The number of halogens is 1. The molecule has 1 aromatic heterocycles. The number of para-hydroxylation sites is 1. The highest BCUT2D eigenvalue weighted by Crippen LogP contribution is 2.32. The van der Waals surface area contributed by atoms with Gasteiger partial charge in [-0.15, -0.1) is 12.4 Å². The van der Waals surface area contributed by atoms with Gasteiger partial charge < -0.3 is 19.4 Å². The lowest BCUT2D eigenvalue weighted by molar-refractivity contribution is 0.0624. The normalized spacial score (nSPS) is 16.2. The van der Waals surface area contributed by atoms with E-state index in [0.717, 1.165) is 23.4 Å². The molecule has 152 valence electrons. The summed E-state index contributed by atoms with van der Waals surface area (Å²) < 4.78 is 11.3. The van der Waals surface area contributed by atoms with Crippen LogP contribution in [-0.4, -0.2) is 42.5 Å². The van der Waals surface area contributed by atoms with Gasteiger partial charge in [-0.2, -0.15) is 0 Å². The lowest BCUT2D eigenvalue weighted by Gasteiger charge is -2.36. The van der Waals surface area contributed by atoms with Crippen molar-refractivity contribution in [1.29, 1.82) is 0 Å². The minimum atomic E-state index is -0.131. The fourth-order valence-electron chi connectivity index (χ4n) is 3.60. The summed E-state index contributed by atoms with van der Waals surface area (Å²) in [5, 5.41) is 3.37. The number of oxazole rings is 1. The lowest BCUT2D eigenvalue weighted by Crippen LogP contribution is -2.49. The smallest absolute Gasteiger partial charge is 0.276 e. The molecule has 0 saturated carbocycles. The van der Waals surface area contributed by atoms with E-state index in [4.69, 9.17) is 9.15 Å². The van der Waals surface area contributed by atoms with Crippen LogP contribution < -0.4 is 10.1 Å². The van der Waals surface area contributed by atoms with Gasteiger partial charge in [-0.05, 0) is 25.1 Å². The summed E-state index contributed by atoms with van der Waals surface area (Å²) in [6.07, 6.45) is 0. The average molecular weight is 414 g/mol. The van der Waals surface area contributed by atoms with Crippen molar-refractivity contribution >= 4 is 18.3 Å². The molecule has 2 aromatic carbocycles. The molecule has 6 nitrogen and oxygen atoms in total. The second-order valence-electron chi connectivity index (χ2n) is 6.75. The molecule has 3 aromatic rings. The Bertz CT molecular complexity index is 974. The van der Waals surface area contributed by atoms with Gasteiger partial charge in [0.15, 0.2) is 5.69 Å². The maximum absolute atomic E-state index is 13.4. The van der Waals surface area contributed by atoms with Crippen LogP contribution in [0.15, 0.2) is 59.0 Å². The van der Waals surface area contributed by atoms with Crippen LogP contribution in [0.5, 0.6) is 5.75 Å². The zero-order chi connectivity index (χ0) is 19.5. The molecule has 7 heteroatoms. The molecule has 1 aliphatic heterocycles. The largest absolute Gasteiger partial charge is 0.496 e. The van der Waals surface area contributed by atoms with Gasteiger partial charge >= 0.3 is 0 Å². The third-order valence-corrected chi connectivity index (χ3v) is 5.02. The first-order chi connectivity index (χ1) is 13.7. The monoisotopic (exact) mass is 413 g/mol. The minimum Gasteiger partial charge on any atom is -0.496 e. The van der Waals surface area contributed by atoms with Crippen molar-refractivity contribution in [2.24, 2.45) is 0 Å². The first-order valence-electron chi connectivity index (χ1n) is 9.36. The van der Waals surface area contributed by atoms with E-state index in [1.165, 1.54) is 0 Å². The summed E-state index contributed by atoms with van der Waals surface area (Å²) in [5.74, 6) is 1.64. The maximum atomic E-state index is 13.4. The highest BCUT2D eigenvalue weighted by atomic mass is 35.5. The third-order valence-electron chi connectivity index (χ3n) is 5.02. The zero-order valence-electron chi connectivity index (χ0n) is 16.4. The van der Waals surface area contributed by atoms with Crippen LogP contribution in [0.3, 0.4) is 0 Å². The minimum absolute atomic E-state index is 0. The number of carbonyl (C=O) groups is 1. The second kappa shape index (κ2) is 9.11. The fraction of sp³-hybridized carbons (Fsp3) is 0.273. The van der Waals surface area contributed by atoms with Gasteiger partial charge in [-0.25, -0.2) is 4.98 Å². The molecule has 0 radical (unpaired) electrons. The molecule has 4 rings (SSSR count). The molecule has 1 amide bonds. The molecule has 29 heavy (non-hydrogen) atoms. The van der Waals surface area contributed by atoms with Gasteiger partial charge in [-0.3, -0.25) is 4.79 Å². The molecular weight excluding hydrogens is 390 g/mol. The highest BCUT2D eigenvalue weighted by Gasteiger charge is 2.33. The number of aromatic nitrogens is 1. The van der Waals surface area contributed by atoms with E-state index < -0.39 is 0 Å². The number of nitrogens with one attached hydrogen (secondary N) is 1. The molecule has 1 saturated heterocycles. The zero-order valence-corrected chi connectivity index (χ0v) is 17.2. The Labute approximate surface area is 176 Å². The van der Waals surface area contributed by atoms with Crippen LogP contribution in [0.1, 0.15) is 27.9 Å². The van der Waals surface area contributed by atoms with Crippen molar-refractivity contribution in [1.82, 2.24) is 15.2 Å². The summed E-state index contributed by atoms with van der Waals surface area (Å²) >= 11 is 0. The van der Waals surface area contributed by atoms with Crippen molar-refractivity contribution < 1.29 is 13.9 Å². The van der Waals surface area contributed by atoms with Crippen LogP contribution in [0.25, 0.3) is 11.5 Å². The second-order valence-corrected chi connectivity index (χ2v) is 6.75. The Morgan fingerprint density at radius 3 is 2.66 bits per heavy atom. The lowest BCUT2D eigenvalue weighted by atomic mass is 10.0. The SMILES string of the molecule is COc1ccccc1C1CNCCN1C(=O)c1nc(-c2ccccc2)oc1C.Cl. The number of amides is 1. The average Bonchev–Trinajstić information content (AvgIpc) is 3.15. The summed E-state index contributed by atoms with van der Waals surface area (Å²) in [6, 6.07) is 17.3. The van der Waals surface area contributed by atoms with Gasteiger partial charge in [0.25, 0.3) is 5.91 Å². The first kappa shape index (κ1) is 20.9. The highest BCUT2D eigenvalue weighted by molar-refractivity contribution is 5.94. The number of carbonyl (C=O) groups excluding carboxylic acids is 1. The maximum Gasteiger partial charge on any atom is 0.276 e. The Hall–Kier alpha value is -2.83. The van der Waals surface area contributed by atoms with E-state index in [-0.39, 0.29) is 24.4 Å². The molecule has 0 spiro atoms. The first-order valence-corrected chi connectivity index (χ1v) is 9.36. The molecule has 2 heterocycles. The van der Waals surface area contributed by atoms with Crippen LogP contribution in [0.2, 0.25) is 0 Å². The van der Waals surface area contributed by atoms with Crippen molar-refractivity contribution in [3.63, 3.8) is 0 Å². The van der Waals surface area contributed by atoms with E-state index in [9.17, 15) is 4.79 Å². The Morgan fingerprint density at radius 2 is 1.90 bits per heavy atom. The standard InChI is InChI=1S/C22H23N3O3.ClH/c1-15-20(24-21(28-15)16-8-4-3-5-9-16)22(26)25-13-12-23-14-18(25)17-10-6-7-11-19(17)27-2;/h3-11,18,23H,12-14H2,1-2H3;1H. The summed E-state index contributed by atoms with van der Waals surface area (Å²) in [5.41, 5.74) is 2.20. The summed E-state index contributed by atoms with van der Waals surface area (Å²) in [6.45, 7) is 3.77. The van der Waals surface area contributed by atoms with E-state index in [2.05, 4.69) is 10.3 Å². The third kappa shape index (κ3) is 4.13. The molecule has 1 fully saturated rings. The summed E-state index contributed by atoms with van der Waals surface area (Å²) in [7, 11) is 1.65. The molecule has 1 N–H and O–H groups in total. The molecule has 0 bridgehead atoms. The number of nitrogens with zero attached hydrogens (tertiary/aromatic N) is 2. The van der Waals surface area contributed by atoms with Gasteiger partial charge in [0.1, 0.15) is 11.5 Å². The van der Waals surface area contributed by atoms with Gasteiger partial charge in [0, 0.05) is 30.8 Å². The van der Waals surface area contributed by atoms with E-state index in [0.29, 0.717) is 30.4 Å². The van der Waals surface area contributed by atoms with E-state index in [1.807, 2.05) is 59.5 Å². The number of piperazine rings is 1. The number of hydrogen-bond acceptors (Lipinski definition) is 5. The number of methoxy groups -OCH3 is 1. The molecule has 1 atom stereocenters. The van der Waals surface area contributed by atoms with Gasteiger partial charge in [0.2, 0.25) is 5.89 Å². The number of aryl methyl sites for hydroxylation is 1. The van der Waals surface area contributed by atoms with Gasteiger partial charge in [0.05, 0.1) is 13.2 Å². The van der Waals surface area contributed by atoms with Crippen molar-refractivity contribution in [2.45, 2.75) is 13.0 Å². The number of benzene rings is 2. The van der Waals surface area contributed by atoms with Crippen LogP contribution in [0.4, 0.5) is 0 Å². The van der Waals surface area contributed by atoms with Crippen molar-refractivity contribution in [3.05, 3.63) is 71.6 Å². The van der Waals surface area contributed by atoms with Crippen LogP contribution >= 0.6 is 12.4 Å². The molecule has 1 aliphatic rings. The Morgan fingerprint density at radius 1 is 1.17 bits per heavy atom. The quantitative estimate of drug-likeness (QED) is 0.703. The van der Waals surface area contributed by atoms with Crippen LogP contribution in [-0.2, 0) is 0 Å². The Balaban J connectivity index is 0.00000240. The fourth-order valence-corrected chi connectivity index (χ4v) is 3.60. The topological polar surface area (TPSA) is 67.6 Å². The number of rotatable bonds is 4. The molecule has 0 aliphatic carbocycles. The van der Waals surface area contributed by atoms with E-state index >= 15 is 0 Å². The molecule has 1 unspecified atom stereocenters. The van der Waals surface area contributed by atoms with E-state index in [1.54, 1.807) is 14.0 Å². The number of ether oxygens (including phenoxy) is 1. The Kier molecular flexibility index (Phi) is 6.56. The van der Waals surface area contributed by atoms with Crippen molar-refractivity contribution in [2.75, 3.05) is 26.7 Å². The van der Waals surface area contributed by atoms with Gasteiger partial charge in [-0.1, -0.05) is 36.4 Å². The van der Waals surface area contributed by atoms with Crippen LogP contribution in [0, 0.1) is 6.92 Å². The predicted octanol–water partition coefficient (Wildman–Crippen LogP) is 3.87. The summed E-state index contributed by atoms with van der Waals surface area (Å²) in [4.78, 5) is 19.8. The molecular formula is C22H24ClN3O3.